The molecule has 3 atom stereocenters. The SMILES string of the molecule is CC(=O)C(O)C(O)CC1COC(C)(C)O1. The lowest BCUT2D eigenvalue weighted by atomic mass is 10.0. The summed E-state index contributed by atoms with van der Waals surface area (Å²) < 4.78 is 10.7. The molecule has 1 heterocycles. The first-order valence-electron chi connectivity index (χ1n) is 5.00. The molecule has 5 heteroatoms. The molecule has 0 aromatic carbocycles. The molecule has 0 aliphatic carbocycles. The summed E-state index contributed by atoms with van der Waals surface area (Å²) in [7, 11) is 0. The molecule has 0 aromatic heterocycles. The van der Waals surface area contributed by atoms with Gasteiger partial charge in [0.2, 0.25) is 0 Å². The van der Waals surface area contributed by atoms with E-state index >= 15 is 0 Å². The van der Waals surface area contributed by atoms with Gasteiger partial charge in [-0.25, -0.2) is 0 Å². The van der Waals surface area contributed by atoms with Gasteiger partial charge in [-0.15, -0.1) is 0 Å². The summed E-state index contributed by atoms with van der Waals surface area (Å²) in [6.07, 6.45) is -2.50. The highest BCUT2D eigenvalue weighted by Crippen LogP contribution is 2.25. The topological polar surface area (TPSA) is 76.0 Å². The maximum Gasteiger partial charge on any atom is 0.163 e. The third kappa shape index (κ3) is 3.53. The quantitative estimate of drug-likeness (QED) is 0.685. The average Bonchev–Trinajstić information content (AvgIpc) is 2.43. The minimum Gasteiger partial charge on any atom is -0.390 e. The fourth-order valence-corrected chi connectivity index (χ4v) is 1.55. The molecule has 0 radical (unpaired) electrons. The Morgan fingerprint density at radius 1 is 1.53 bits per heavy atom. The smallest absolute Gasteiger partial charge is 0.163 e. The van der Waals surface area contributed by atoms with Crippen LogP contribution in [0.2, 0.25) is 0 Å². The maximum absolute atomic E-state index is 10.8. The molecule has 88 valence electrons. The van der Waals surface area contributed by atoms with E-state index in [0.29, 0.717) is 6.61 Å². The number of aliphatic hydroxyl groups is 2. The lowest BCUT2D eigenvalue weighted by Crippen LogP contribution is -2.36. The largest absolute Gasteiger partial charge is 0.390 e. The predicted octanol–water partition coefficient (Wildman–Crippen LogP) is -0.161. The predicted molar refractivity (Wildman–Crippen MR) is 52.2 cm³/mol. The van der Waals surface area contributed by atoms with Crippen LogP contribution in [0.15, 0.2) is 0 Å². The van der Waals surface area contributed by atoms with E-state index in [1.807, 2.05) is 0 Å². The second kappa shape index (κ2) is 4.57. The minimum atomic E-state index is -1.34. The van der Waals surface area contributed by atoms with E-state index in [2.05, 4.69) is 0 Å². The number of ketones is 1. The number of hydrogen-bond donors (Lipinski definition) is 2. The van der Waals surface area contributed by atoms with Gasteiger partial charge in [-0.1, -0.05) is 0 Å². The van der Waals surface area contributed by atoms with Crippen molar-refractivity contribution < 1.29 is 24.5 Å². The molecule has 15 heavy (non-hydrogen) atoms. The van der Waals surface area contributed by atoms with E-state index < -0.39 is 23.8 Å². The first-order chi connectivity index (χ1) is 6.82. The molecule has 0 saturated carbocycles. The van der Waals surface area contributed by atoms with Crippen LogP contribution in [0.3, 0.4) is 0 Å². The van der Waals surface area contributed by atoms with Gasteiger partial charge >= 0.3 is 0 Å². The van der Waals surface area contributed by atoms with Crippen molar-refractivity contribution in [1.82, 2.24) is 0 Å². The molecule has 5 nitrogen and oxygen atoms in total. The van der Waals surface area contributed by atoms with Crippen LogP contribution in [0.4, 0.5) is 0 Å². The first-order valence-corrected chi connectivity index (χ1v) is 5.00. The van der Waals surface area contributed by atoms with Crippen LogP contribution >= 0.6 is 0 Å². The van der Waals surface area contributed by atoms with Crippen LogP contribution in [0.25, 0.3) is 0 Å². The van der Waals surface area contributed by atoms with E-state index in [1.165, 1.54) is 6.92 Å². The highest BCUT2D eigenvalue weighted by atomic mass is 16.7. The zero-order valence-electron chi connectivity index (χ0n) is 9.27. The molecule has 1 aliphatic heterocycles. The number of rotatable bonds is 4. The van der Waals surface area contributed by atoms with Crippen molar-refractivity contribution in [3.63, 3.8) is 0 Å². The highest BCUT2D eigenvalue weighted by molar-refractivity contribution is 5.80. The number of ether oxygens (including phenoxy) is 2. The van der Waals surface area contributed by atoms with Crippen molar-refractivity contribution >= 4 is 5.78 Å². The van der Waals surface area contributed by atoms with Gasteiger partial charge in [0, 0.05) is 6.42 Å². The van der Waals surface area contributed by atoms with Crippen molar-refractivity contribution in [1.29, 1.82) is 0 Å². The first kappa shape index (κ1) is 12.6. The number of Topliss-reactive ketones (excluding diaryl/α,β-unsaturated/α-hetero) is 1. The molecule has 1 saturated heterocycles. The van der Waals surface area contributed by atoms with Gasteiger partial charge in [0.25, 0.3) is 0 Å². The molecule has 0 spiro atoms. The summed E-state index contributed by atoms with van der Waals surface area (Å²) in [4.78, 5) is 10.8. The van der Waals surface area contributed by atoms with Crippen LogP contribution in [0, 0.1) is 0 Å². The van der Waals surface area contributed by atoms with Gasteiger partial charge < -0.3 is 19.7 Å². The van der Waals surface area contributed by atoms with Crippen LogP contribution < -0.4 is 0 Å². The number of carbonyl (C=O) groups is 1. The van der Waals surface area contributed by atoms with Crippen LogP contribution in [-0.2, 0) is 14.3 Å². The fraction of sp³-hybridized carbons (Fsp3) is 0.900. The minimum absolute atomic E-state index is 0.199. The lowest BCUT2D eigenvalue weighted by Gasteiger charge is -2.20. The second-order valence-corrected chi connectivity index (χ2v) is 4.31. The Labute approximate surface area is 89.0 Å². The van der Waals surface area contributed by atoms with Gasteiger partial charge in [0.15, 0.2) is 11.6 Å². The summed E-state index contributed by atoms with van der Waals surface area (Å²) >= 11 is 0. The molecule has 1 rings (SSSR count). The van der Waals surface area contributed by atoms with Gasteiger partial charge in [-0.3, -0.25) is 4.79 Å². The van der Waals surface area contributed by atoms with Crippen molar-refractivity contribution in [3.8, 4) is 0 Å². The summed E-state index contributed by atoms with van der Waals surface area (Å²) in [6, 6.07) is 0. The van der Waals surface area contributed by atoms with Crippen molar-refractivity contribution in [2.75, 3.05) is 6.61 Å². The standard InChI is InChI=1S/C10H18O5/c1-6(11)9(13)8(12)4-7-5-14-10(2,3)15-7/h7-9,12-13H,4-5H2,1-3H3. The lowest BCUT2D eigenvalue weighted by molar-refractivity contribution is -0.146. The Hall–Kier alpha value is -0.490. The Bertz CT molecular complexity index is 238. The van der Waals surface area contributed by atoms with Crippen molar-refractivity contribution in [2.45, 2.75) is 51.3 Å². The molecule has 3 unspecified atom stereocenters. The molecule has 1 aliphatic rings. The van der Waals surface area contributed by atoms with E-state index in [0.717, 1.165) is 0 Å². The Kier molecular flexibility index (Phi) is 3.83. The highest BCUT2D eigenvalue weighted by Gasteiger charge is 2.35. The summed E-state index contributed by atoms with van der Waals surface area (Å²) in [6.45, 7) is 5.17. The van der Waals surface area contributed by atoms with Crippen LogP contribution in [0.5, 0.6) is 0 Å². The van der Waals surface area contributed by atoms with Crippen LogP contribution in [-0.4, -0.2) is 46.7 Å². The zero-order valence-corrected chi connectivity index (χ0v) is 9.27. The third-order valence-corrected chi connectivity index (χ3v) is 2.35. The monoisotopic (exact) mass is 218 g/mol. The molecule has 1 fully saturated rings. The molecule has 2 N–H and O–H groups in total. The number of aliphatic hydroxyl groups excluding tert-OH is 2. The summed E-state index contributed by atoms with van der Waals surface area (Å²) in [5, 5.41) is 18.8. The molecule has 0 aromatic rings. The van der Waals surface area contributed by atoms with Gasteiger partial charge in [-0.2, -0.15) is 0 Å². The van der Waals surface area contributed by atoms with E-state index in [9.17, 15) is 15.0 Å². The van der Waals surface area contributed by atoms with Crippen LogP contribution in [0.1, 0.15) is 27.2 Å². The summed E-state index contributed by atoms with van der Waals surface area (Å²) in [5.74, 6) is -1.09. The average molecular weight is 218 g/mol. The summed E-state index contributed by atoms with van der Waals surface area (Å²) in [5.41, 5.74) is 0. The van der Waals surface area contributed by atoms with Crippen molar-refractivity contribution in [2.24, 2.45) is 0 Å². The van der Waals surface area contributed by atoms with E-state index in [1.54, 1.807) is 13.8 Å². The molecular weight excluding hydrogens is 200 g/mol. The fourth-order valence-electron chi connectivity index (χ4n) is 1.55. The second-order valence-electron chi connectivity index (χ2n) is 4.31. The number of hydrogen-bond acceptors (Lipinski definition) is 5. The maximum atomic E-state index is 10.8. The molecular formula is C10H18O5. The van der Waals surface area contributed by atoms with Gasteiger partial charge in [0.05, 0.1) is 18.8 Å². The third-order valence-electron chi connectivity index (χ3n) is 2.35. The zero-order chi connectivity index (χ0) is 11.6. The normalized spacial score (nSPS) is 28.7. The Balaban J connectivity index is 2.40. The Morgan fingerprint density at radius 2 is 2.13 bits per heavy atom. The Morgan fingerprint density at radius 3 is 2.53 bits per heavy atom. The number of carbonyl (C=O) groups excluding carboxylic acids is 1. The van der Waals surface area contributed by atoms with Crippen molar-refractivity contribution in [3.05, 3.63) is 0 Å². The molecule has 0 bridgehead atoms. The van der Waals surface area contributed by atoms with E-state index in [4.69, 9.17) is 9.47 Å². The van der Waals surface area contributed by atoms with Gasteiger partial charge in [-0.05, 0) is 20.8 Å². The van der Waals surface area contributed by atoms with Gasteiger partial charge in [0.1, 0.15) is 6.10 Å². The van der Waals surface area contributed by atoms with E-state index in [-0.39, 0.29) is 12.5 Å². The molecule has 0 amide bonds.